The highest BCUT2D eigenvalue weighted by atomic mass is 35.5. The summed E-state index contributed by atoms with van der Waals surface area (Å²) in [4.78, 5) is 12.7. The number of aryl methyl sites for hydroxylation is 1. The second-order valence-corrected chi connectivity index (χ2v) is 11.9. The Morgan fingerprint density at radius 3 is 2.42 bits per heavy atom. The van der Waals surface area contributed by atoms with Crippen LogP contribution < -0.4 is 10.2 Å². The fourth-order valence-electron chi connectivity index (χ4n) is 3.72. The Balaban J connectivity index is 1.53. The Morgan fingerprint density at radius 1 is 0.975 bits per heavy atom. The minimum Gasteiger partial charge on any atom is -0.496 e. The van der Waals surface area contributed by atoms with Gasteiger partial charge in [-0.3, -0.25) is 4.79 Å². The predicted octanol–water partition coefficient (Wildman–Crippen LogP) is 6.71. The molecule has 0 aliphatic heterocycles. The average molecular weight is 621 g/mol. The van der Waals surface area contributed by atoms with Crippen LogP contribution in [0.15, 0.2) is 87.2 Å². The first-order valence-electron chi connectivity index (χ1n) is 11.8. The van der Waals surface area contributed by atoms with E-state index in [0.717, 1.165) is 5.56 Å². The van der Waals surface area contributed by atoms with E-state index in [4.69, 9.17) is 44.0 Å². The number of hydrogen-bond donors (Lipinski definition) is 1. The van der Waals surface area contributed by atoms with E-state index in [9.17, 15) is 13.2 Å². The van der Waals surface area contributed by atoms with Gasteiger partial charge in [0.2, 0.25) is 10.0 Å². The molecule has 0 radical (unpaired) electrons. The molecule has 1 aromatic heterocycles. The number of hydrazone groups is 1. The van der Waals surface area contributed by atoms with Crippen molar-refractivity contribution in [1.82, 2.24) is 9.73 Å². The summed E-state index contributed by atoms with van der Waals surface area (Å²) in [6.07, 6.45) is 1.30. The Bertz CT molecular complexity index is 1650. The first-order chi connectivity index (χ1) is 19.1. The molecule has 0 aliphatic rings. The molecule has 0 unspecified atom stereocenters. The Labute approximate surface area is 247 Å². The number of furan rings is 1. The summed E-state index contributed by atoms with van der Waals surface area (Å²) >= 11 is 18.2. The molecule has 8 nitrogen and oxygen atoms in total. The van der Waals surface area contributed by atoms with Crippen LogP contribution in [0.2, 0.25) is 15.1 Å². The van der Waals surface area contributed by atoms with Crippen LogP contribution in [0.1, 0.15) is 33.0 Å². The lowest BCUT2D eigenvalue weighted by molar-refractivity contribution is 0.0952. The van der Waals surface area contributed by atoms with Crippen molar-refractivity contribution in [2.24, 2.45) is 5.10 Å². The quantitative estimate of drug-likeness (QED) is 0.157. The fourth-order valence-corrected chi connectivity index (χ4v) is 5.61. The minimum atomic E-state index is -3.91. The van der Waals surface area contributed by atoms with Gasteiger partial charge in [-0.15, -0.1) is 0 Å². The lowest BCUT2D eigenvalue weighted by Crippen LogP contribution is -2.30. The zero-order valence-electron chi connectivity index (χ0n) is 21.4. The van der Waals surface area contributed by atoms with Gasteiger partial charge in [-0.05, 0) is 67.1 Å². The van der Waals surface area contributed by atoms with Gasteiger partial charge < -0.3 is 9.15 Å². The summed E-state index contributed by atoms with van der Waals surface area (Å²) < 4.78 is 39.5. The molecule has 3 aromatic carbocycles. The van der Waals surface area contributed by atoms with Crippen molar-refractivity contribution < 1.29 is 22.4 Å². The molecule has 0 aliphatic carbocycles. The van der Waals surface area contributed by atoms with E-state index >= 15 is 0 Å². The summed E-state index contributed by atoms with van der Waals surface area (Å²) in [7, 11) is -2.47. The molecular formula is C28H24Cl3N3O5S. The monoisotopic (exact) mass is 619 g/mol. The SMILES string of the molecule is COc1ccc(Cl)cc1C(=O)N/N=C\c1ccc(CN(Cc2ccc(Cl)c(Cl)c2)S(=O)(=O)c2ccc(C)cc2)o1. The number of sulfonamides is 1. The number of halogens is 3. The topological polar surface area (TPSA) is 101 Å². The molecule has 4 rings (SSSR count). The molecule has 208 valence electrons. The average Bonchev–Trinajstić information content (AvgIpc) is 3.37. The van der Waals surface area contributed by atoms with Crippen molar-refractivity contribution in [2.45, 2.75) is 24.9 Å². The molecule has 1 heterocycles. The molecule has 0 spiro atoms. The smallest absolute Gasteiger partial charge is 0.275 e. The molecule has 0 bridgehead atoms. The summed E-state index contributed by atoms with van der Waals surface area (Å²) in [6.45, 7) is 1.83. The molecule has 0 saturated carbocycles. The van der Waals surface area contributed by atoms with Crippen molar-refractivity contribution in [2.75, 3.05) is 7.11 Å². The third kappa shape index (κ3) is 7.24. The van der Waals surface area contributed by atoms with Gasteiger partial charge >= 0.3 is 0 Å². The standard InChI is InChI=1S/C28H24Cl3N3O5S/c1-18-3-9-23(10-4-18)40(36,37)34(16-19-5-11-25(30)26(31)13-19)17-22-8-7-21(39-22)15-32-33-28(35)24-14-20(29)6-12-27(24)38-2/h3-15H,16-17H2,1-2H3,(H,33,35)/b32-15-. The Hall–Kier alpha value is -3.34. The number of amides is 1. The highest BCUT2D eigenvalue weighted by Gasteiger charge is 2.26. The van der Waals surface area contributed by atoms with E-state index < -0.39 is 15.9 Å². The van der Waals surface area contributed by atoms with Crippen LogP contribution in [0.3, 0.4) is 0 Å². The first kappa shape index (κ1) is 29.6. The van der Waals surface area contributed by atoms with Crippen LogP contribution in [0.4, 0.5) is 0 Å². The van der Waals surface area contributed by atoms with E-state index in [1.807, 2.05) is 6.92 Å². The lowest BCUT2D eigenvalue weighted by atomic mass is 10.2. The molecule has 0 saturated heterocycles. The van der Waals surface area contributed by atoms with Crippen molar-refractivity contribution in [3.63, 3.8) is 0 Å². The third-order valence-electron chi connectivity index (χ3n) is 5.78. The molecule has 1 amide bonds. The van der Waals surface area contributed by atoms with E-state index in [1.165, 1.54) is 23.7 Å². The molecule has 4 aromatic rings. The van der Waals surface area contributed by atoms with E-state index in [-0.39, 0.29) is 23.5 Å². The minimum absolute atomic E-state index is 0.0226. The number of rotatable bonds is 10. The van der Waals surface area contributed by atoms with Gasteiger partial charge in [0.15, 0.2) is 0 Å². The van der Waals surface area contributed by atoms with Crippen LogP contribution in [0.25, 0.3) is 0 Å². The maximum atomic E-state index is 13.6. The number of hydrogen-bond acceptors (Lipinski definition) is 6. The Morgan fingerprint density at radius 2 is 1.73 bits per heavy atom. The highest BCUT2D eigenvalue weighted by molar-refractivity contribution is 7.89. The van der Waals surface area contributed by atoms with Crippen LogP contribution >= 0.6 is 34.8 Å². The zero-order chi connectivity index (χ0) is 28.9. The van der Waals surface area contributed by atoms with Crippen molar-refractivity contribution >= 4 is 56.9 Å². The van der Waals surface area contributed by atoms with Crippen LogP contribution in [0, 0.1) is 6.92 Å². The molecule has 1 N–H and O–H groups in total. The first-order valence-corrected chi connectivity index (χ1v) is 14.4. The predicted molar refractivity (Wildman–Crippen MR) is 156 cm³/mol. The molecular weight excluding hydrogens is 597 g/mol. The van der Waals surface area contributed by atoms with E-state index in [0.29, 0.717) is 37.9 Å². The van der Waals surface area contributed by atoms with Gasteiger partial charge in [0.1, 0.15) is 17.3 Å². The zero-order valence-corrected chi connectivity index (χ0v) is 24.5. The summed E-state index contributed by atoms with van der Waals surface area (Å²) in [5.74, 6) is 0.476. The van der Waals surface area contributed by atoms with Gasteiger partial charge in [0.25, 0.3) is 5.91 Å². The highest BCUT2D eigenvalue weighted by Crippen LogP contribution is 2.27. The van der Waals surface area contributed by atoms with Crippen molar-refractivity contribution in [1.29, 1.82) is 0 Å². The van der Waals surface area contributed by atoms with Gasteiger partial charge in [-0.2, -0.15) is 9.41 Å². The maximum absolute atomic E-state index is 13.6. The largest absolute Gasteiger partial charge is 0.496 e. The second kappa shape index (κ2) is 12.9. The third-order valence-corrected chi connectivity index (χ3v) is 8.56. The van der Waals surface area contributed by atoms with E-state index in [2.05, 4.69) is 10.5 Å². The number of carbonyl (C=O) groups is 1. The molecule has 12 heteroatoms. The molecule has 40 heavy (non-hydrogen) atoms. The Kier molecular flexibility index (Phi) is 9.55. The molecule has 0 fully saturated rings. The number of ether oxygens (including phenoxy) is 1. The number of methoxy groups -OCH3 is 1. The van der Waals surface area contributed by atoms with Gasteiger partial charge in [0, 0.05) is 11.6 Å². The summed E-state index contributed by atoms with van der Waals surface area (Å²) in [5.41, 5.74) is 4.20. The molecule has 0 atom stereocenters. The van der Waals surface area contributed by atoms with Gasteiger partial charge in [-0.1, -0.05) is 58.6 Å². The number of nitrogens with zero attached hydrogens (tertiary/aromatic N) is 2. The number of benzene rings is 3. The lowest BCUT2D eigenvalue weighted by Gasteiger charge is -2.22. The van der Waals surface area contributed by atoms with Gasteiger partial charge in [0.05, 0.1) is 40.4 Å². The summed E-state index contributed by atoms with van der Waals surface area (Å²) in [5, 5.41) is 4.99. The number of nitrogens with one attached hydrogen (secondary N) is 1. The van der Waals surface area contributed by atoms with Crippen LogP contribution in [0.5, 0.6) is 5.75 Å². The maximum Gasteiger partial charge on any atom is 0.275 e. The number of carbonyl (C=O) groups excluding carboxylic acids is 1. The fraction of sp³-hybridized carbons (Fsp3) is 0.143. The summed E-state index contributed by atoms with van der Waals surface area (Å²) in [6, 6.07) is 19.4. The van der Waals surface area contributed by atoms with Crippen LogP contribution in [-0.2, 0) is 23.1 Å². The van der Waals surface area contributed by atoms with Crippen LogP contribution in [-0.4, -0.2) is 32.0 Å². The van der Waals surface area contributed by atoms with Crippen molar-refractivity contribution in [3.05, 3.63) is 116 Å². The van der Waals surface area contributed by atoms with E-state index in [1.54, 1.807) is 66.7 Å². The second-order valence-electron chi connectivity index (χ2n) is 8.68. The van der Waals surface area contributed by atoms with Crippen molar-refractivity contribution in [3.8, 4) is 5.75 Å². The normalized spacial score (nSPS) is 11.8. The van der Waals surface area contributed by atoms with Gasteiger partial charge in [-0.25, -0.2) is 13.8 Å².